The van der Waals surface area contributed by atoms with Gasteiger partial charge in [-0.2, -0.15) is 0 Å². The van der Waals surface area contributed by atoms with Crippen LogP contribution >= 0.6 is 11.3 Å². The Morgan fingerprint density at radius 1 is 1.14 bits per heavy atom. The molecule has 1 unspecified atom stereocenters. The first kappa shape index (κ1) is 18.9. The van der Waals surface area contributed by atoms with Gasteiger partial charge < -0.3 is 14.7 Å². The highest BCUT2D eigenvalue weighted by molar-refractivity contribution is 7.09. The van der Waals surface area contributed by atoms with Gasteiger partial charge in [0.05, 0.1) is 25.3 Å². The van der Waals surface area contributed by atoms with Crippen LogP contribution in [0.4, 0.5) is 0 Å². The van der Waals surface area contributed by atoms with Gasteiger partial charge in [-0.05, 0) is 41.3 Å². The minimum Gasteiger partial charge on any atom is -0.507 e. The number of hydrogen-bond acceptors (Lipinski definition) is 6. The third-order valence-electron chi connectivity index (χ3n) is 4.83. The predicted octanol–water partition coefficient (Wildman–Crippen LogP) is 3.77. The number of ketones is 1. The third-order valence-corrected chi connectivity index (χ3v) is 5.69. The molecule has 1 fully saturated rings. The van der Waals surface area contributed by atoms with Crippen LogP contribution in [0.1, 0.15) is 22.0 Å². The number of thiophene rings is 1. The lowest BCUT2D eigenvalue weighted by molar-refractivity contribution is -0.140. The fourth-order valence-electron chi connectivity index (χ4n) is 3.41. The van der Waals surface area contributed by atoms with Crippen molar-refractivity contribution in [3.8, 4) is 5.75 Å². The summed E-state index contributed by atoms with van der Waals surface area (Å²) in [4.78, 5) is 32.2. The number of nitrogens with zero attached hydrogens (tertiary/aromatic N) is 2. The van der Waals surface area contributed by atoms with E-state index in [9.17, 15) is 14.7 Å². The third kappa shape index (κ3) is 3.52. The van der Waals surface area contributed by atoms with Crippen molar-refractivity contribution in [3.63, 3.8) is 0 Å². The molecule has 6 nitrogen and oxygen atoms in total. The summed E-state index contributed by atoms with van der Waals surface area (Å²) in [5.41, 5.74) is 1.23. The first-order valence-corrected chi connectivity index (χ1v) is 9.83. The van der Waals surface area contributed by atoms with Gasteiger partial charge in [0.1, 0.15) is 11.5 Å². The maximum atomic E-state index is 12.9. The normalized spacial score (nSPS) is 18.2. The standard InChI is InChI=1S/C22H18N2O4S/c1-28-16-6-4-14(5-7-16)19-18(20(25)15-8-10-23-11-9-15)21(26)22(27)24(19)13-17-3-2-12-29-17/h2-12,19,25H,13H2,1H3/b20-18-. The highest BCUT2D eigenvalue weighted by Crippen LogP contribution is 2.40. The fraction of sp³-hybridized carbons (Fsp3) is 0.136. The molecule has 1 amide bonds. The van der Waals surface area contributed by atoms with E-state index >= 15 is 0 Å². The second-order valence-electron chi connectivity index (χ2n) is 6.52. The monoisotopic (exact) mass is 406 g/mol. The van der Waals surface area contributed by atoms with Crippen molar-refractivity contribution in [2.75, 3.05) is 7.11 Å². The van der Waals surface area contributed by atoms with Crippen molar-refractivity contribution in [2.45, 2.75) is 12.6 Å². The van der Waals surface area contributed by atoms with Gasteiger partial charge in [0.2, 0.25) is 0 Å². The topological polar surface area (TPSA) is 79.7 Å². The van der Waals surface area contributed by atoms with Crippen molar-refractivity contribution >= 4 is 28.8 Å². The molecule has 146 valence electrons. The largest absolute Gasteiger partial charge is 0.507 e. The molecule has 1 aliphatic rings. The minimum absolute atomic E-state index is 0.0722. The van der Waals surface area contributed by atoms with Crippen LogP contribution in [0.3, 0.4) is 0 Å². The lowest BCUT2D eigenvalue weighted by Crippen LogP contribution is -2.28. The summed E-state index contributed by atoms with van der Waals surface area (Å²) in [6.07, 6.45) is 3.05. The van der Waals surface area contributed by atoms with Gasteiger partial charge in [0.25, 0.3) is 11.7 Å². The Morgan fingerprint density at radius 3 is 2.48 bits per heavy atom. The molecule has 0 saturated carbocycles. The zero-order valence-corrected chi connectivity index (χ0v) is 16.4. The number of amides is 1. The van der Waals surface area contributed by atoms with Gasteiger partial charge in [0, 0.05) is 22.8 Å². The Bertz CT molecular complexity index is 1060. The highest BCUT2D eigenvalue weighted by Gasteiger charge is 2.46. The Balaban J connectivity index is 1.85. The molecule has 1 aliphatic heterocycles. The predicted molar refractivity (Wildman–Crippen MR) is 109 cm³/mol. The number of ether oxygens (including phenoxy) is 1. The average Bonchev–Trinajstić information content (AvgIpc) is 3.36. The molecule has 29 heavy (non-hydrogen) atoms. The maximum absolute atomic E-state index is 12.9. The van der Waals surface area contributed by atoms with Crippen LogP contribution in [0.15, 0.2) is 71.9 Å². The summed E-state index contributed by atoms with van der Waals surface area (Å²) in [6.45, 7) is 0.284. The second kappa shape index (κ2) is 7.89. The van der Waals surface area contributed by atoms with E-state index < -0.39 is 17.7 Å². The molecular formula is C22H18N2O4S. The van der Waals surface area contributed by atoms with E-state index in [4.69, 9.17) is 4.74 Å². The summed E-state index contributed by atoms with van der Waals surface area (Å²) in [5, 5.41) is 12.8. The summed E-state index contributed by atoms with van der Waals surface area (Å²) >= 11 is 1.51. The van der Waals surface area contributed by atoms with Crippen molar-refractivity contribution in [1.82, 2.24) is 9.88 Å². The first-order chi connectivity index (χ1) is 14.1. The fourth-order valence-corrected chi connectivity index (χ4v) is 4.11. The number of pyridine rings is 1. The quantitative estimate of drug-likeness (QED) is 0.396. The number of rotatable bonds is 5. The number of aliphatic hydroxyl groups excluding tert-OH is 1. The summed E-state index contributed by atoms with van der Waals surface area (Å²) in [6, 6.07) is 13.5. The number of hydrogen-bond donors (Lipinski definition) is 1. The van der Waals surface area contributed by atoms with E-state index in [1.54, 1.807) is 43.5 Å². The van der Waals surface area contributed by atoms with E-state index in [0.717, 1.165) is 10.4 Å². The summed E-state index contributed by atoms with van der Waals surface area (Å²) < 4.78 is 5.22. The van der Waals surface area contributed by atoms with Crippen LogP contribution in [0.5, 0.6) is 5.75 Å². The van der Waals surface area contributed by atoms with Crippen LogP contribution in [-0.4, -0.2) is 33.8 Å². The molecule has 1 N–H and O–H groups in total. The maximum Gasteiger partial charge on any atom is 0.295 e. The highest BCUT2D eigenvalue weighted by atomic mass is 32.1. The lowest BCUT2D eigenvalue weighted by atomic mass is 9.95. The molecule has 3 aromatic rings. The lowest BCUT2D eigenvalue weighted by Gasteiger charge is -2.25. The number of likely N-dealkylation sites (tertiary alicyclic amines) is 1. The smallest absolute Gasteiger partial charge is 0.295 e. The van der Waals surface area contributed by atoms with Crippen molar-refractivity contribution in [1.29, 1.82) is 0 Å². The van der Waals surface area contributed by atoms with Crippen LogP contribution in [0, 0.1) is 0 Å². The van der Waals surface area contributed by atoms with E-state index in [-0.39, 0.29) is 17.9 Å². The van der Waals surface area contributed by atoms with Crippen LogP contribution < -0.4 is 4.74 Å². The molecule has 4 rings (SSSR count). The number of benzene rings is 1. The number of aliphatic hydroxyl groups is 1. The first-order valence-electron chi connectivity index (χ1n) is 8.95. The minimum atomic E-state index is -0.698. The molecule has 0 bridgehead atoms. The summed E-state index contributed by atoms with van der Waals surface area (Å²) in [7, 11) is 1.57. The summed E-state index contributed by atoms with van der Waals surface area (Å²) in [5.74, 6) is -0.871. The van der Waals surface area contributed by atoms with Crippen LogP contribution in [0.2, 0.25) is 0 Å². The molecule has 2 aromatic heterocycles. The number of carbonyl (C=O) groups is 2. The van der Waals surface area contributed by atoms with Gasteiger partial charge in [-0.3, -0.25) is 14.6 Å². The molecule has 0 spiro atoms. The number of aromatic nitrogens is 1. The van der Waals surface area contributed by atoms with Gasteiger partial charge in [0.15, 0.2) is 0 Å². The Kier molecular flexibility index (Phi) is 5.14. The molecule has 3 heterocycles. The number of Topliss-reactive ketones (excluding diaryl/α,β-unsaturated/α-hetero) is 1. The van der Waals surface area contributed by atoms with Gasteiger partial charge in [-0.25, -0.2) is 0 Å². The van der Waals surface area contributed by atoms with Crippen molar-refractivity contribution < 1.29 is 19.4 Å². The molecule has 0 radical (unpaired) electrons. The average molecular weight is 406 g/mol. The van der Waals surface area contributed by atoms with E-state index in [1.807, 2.05) is 17.5 Å². The van der Waals surface area contributed by atoms with Crippen LogP contribution in [-0.2, 0) is 16.1 Å². The Hall–Kier alpha value is -3.45. The molecule has 1 saturated heterocycles. The molecule has 7 heteroatoms. The molecule has 1 atom stereocenters. The van der Waals surface area contributed by atoms with E-state index in [1.165, 1.54) is 28.6 Å². The van der Waals surface area contributed by atoms with E-state index in [0.29, 0.717) is 11.3 Å². The van der Waals surface area contributed by atoms with Crippen molar-refractivity contribution in [2.24, 2.45) is 0 Å². The second-order valence-corrected chi connectivity index (χ2v) is 7.55. The molecule has 1 aromatic carbocycles. The zero-order valence-electron chi connectivity index (χ0n) is 15.6. The van der Waals surface area contributed by atoms with Gasteiger partial charge >= 0.3 is 0 Å². The number of methoxy groups -OCH3 is 1. The van der Waals surface area contributed by atoms with Gasteiger partial charge in [-0.1, -0.05) is 18.2 Å². The molecular weight excluding hydrogens is 388 g/mol. The van der Waals surface area contributed by atoms with Gasteiger partial charge in [-0.15, -0.1) is 11.3 Å². The van der Waals surface area contributed by atoms with E-state index in [2.05, 4.69) is 4.98 Å². The SMILES string of the molecule is COc1ccc(C2/C(=C(/O)c3ccncc3)C(=O)C(=O)N2Cc2cccs2)cc1. The van der Waals surface area contributed by atoms with Crippen molar-refractivity contribution in [3.05, 3.63) is 87.9 Å². The van der Waals surface area contributed by atoms with Crippen LogP contribution in [0.25, 0.3) is 5.76 Å². The Morgan fingerprint density at radius 2 is 1.86 bits per heavy atom. The number of carbonyl (C=O) groups excluding carboxylic acids is 2. The zero-order chi connectivity index (χ0) is 20.4. The molecule has 0 aliphatic carbocycles. The Labute approximate surface area is 171 Å².